The Morgan fingerprint density at radius 3 is 2.50 bits per heavy atom. The lowest BCUT2D eigenvalue weighted by Crippen LogP contribution is -2.20. The molecule has 0 aliphatic rings. The molecule has 18 heavy (non-hydrogen) atoms. The van der Waals surface area contributed by atoms with Gasteiger partial charge in [0, 0.05) is 11.9 Å². The van der Waals surface area contributed by atoms with Crippen LogP contribution in [0.4, 0.5) is 5.69 Å². The van der Waals surface area contributed by atoms with Gasteiger partial charge in [-0.1, -0.05) is 0 Å². The number of nitrogens with zero attached hydrogens (tertiary/aromatic N) is 1. The summed E-state index contributed by atoms with van der Waals surface area (Å²) in [5.74, 6) is -0.466. The highest BCUT2D eigenvalue weighted by atomic mass is 35.5. The topological polar surface area (TPSA) is 87.0 Å². The third kappa shape index (κ3) is 3.72. The number of alkyl halides is 1. The highest BCUT2D eigenvalue weighted by Crippen LogP contribution is 2.19. The zero-order chi connectivity index (χ0) is 13.9. The molecule has 0 fully saturated rings. The van der Waals surface area contributed by atoms with Crippen molar-refractivity contribution < 1.29 is 13.2 Å². The molecular formula is C11H11ClN2O3S. The van der Waals surface area contributed by atoms with Crippen molar-refractivity contribution in [1.29, 1.82) is 5.26 Å². The van der Waals surface area contributed by atoms with Crippen LogP contribution >= 0.6 is 11.6 Å². The number of carbonyl (C=O) groups is 1. The van der Waals surface area contributed by atoms with Crippen LogP contribution in [0.25, 0.3) is 0 Å². The van der Waals surface area contributed by atoms with E-state index in [0.29, 0.717) is 0 Å². The van der Waals surface area contributed by atoms with Crippen LogP contribution < -0.4 is 5.32 Å². The summed E-state index contributed by atoms with van der Waals surface area (Å²) in [6, 6.07) is 5.74. The van der Waals surface area contributed by atoms with Crippen molar-refractivity contribution in [3.8, 4) is 6.07 Å². The number of carbonyl (C=O) groups excluding carboxylic acids is 1. The first-order chi connectivity index (χ1) is 8.24. The minimum atomic E-state index is -3.45. The van der Waals surface area contributed by atoms with Crippen molar-refractivity contribution >= 4 is 33.0 Å². The molecule has 0 saturated carbocycles. The predicted octanol–water partition coefficient (Wildman–Crippen LogP) is 1.53. The van der Waals surface area contributed by atoms with E-state index in [1.54, 1.807) is 0 Å². The average Bonchev–Trinajstić information content (AvgIpc) is 2.27. The molecule has 1 N–H and O–H groups in total. The maximum absolute atomic E-state index is 11.4. The van der Waals surface area contributed by atoms with Crippen molar-refractivity contribution in [3.63, 3.8) is 0 Å². The molecule has 0 saturated heterocycles. The van der Waals surface area contributed by atoms with E-state index in [4.69, 9.17) is 16.9 Å². The fourth-order valence-electron chi connectivity index (χ4n) is 1.19. The minimum Gasteiger partial charge on any atom is -0.325 e. The number of hydrogen-bond donors (Lipinski definition) is 1. The maximum atomic E-state index is 11.4. The largest absolute Gasteiger partial charge is 0.325 e. The smallest absolute Gasteiger partial charge is 0.242 e. The zero-order valence-electron chi connectivity index (χ0n) is 9.77. The Balaban J connectivity index is 3.22. The molecule has 1 unspecified atom stereocenters. The Bertz CT molecular complexity index is 618. The highest BCUT2D eigenvalue weighted by molar-refractivity contribution is 7.90. The first kappa shape index (κ1) is 14.5. The summed E-state index contributed by atoms with van der Waals surface area (Å²) < 4.78 is 22.8. The summed E-state index contributed by atoms with van der Waals surface area (Å²) >= 11 is 5.59. The van der Waals surface area contributed by atoms with Gasteiger partial charge in [-0.15, -0.1) is 11.6 Å². The molecule has 0 aliphatic heterocycles. The summed E-state index contributed by atoms with van der Waals surface area (Å²) in [6.07, 6.45) is 1.03. The van der Waals surface area contributed by atoms with Gasteiger partial charge in [0.25, 0.3) is 0 Å². The van der Waals surface area contributed by atoms with Crippen molar-refractivity contribution in [2.45, 2.75) is 17.2 Å². The normalized spacial score (nSPS) is 12.6. The van der Waals surface area contributed by atoms with E-state index in [1.165, 1.54) is 25.1 Å². The van der Waals surface area contributed by atoms with Crippen molar-refractivity contribution in [2.24, 2.45) is 0 Å². The number of nitrogens with one attached hydrogen (secondary N) is 1. The maximum Gasteiger partial charge on any atom is 0.242 e. The van der Waals surface area contributed by atoms with Crippen LogP contribution in [0.5, 0.6) is 0 Å². The Hall–Kier alpha value is -1.58. The van der Waals surface area contributed by atoms with Gasteiger partial charge in [-0.25, -0.2) is 8.42 Å². The molecule has 0 radical (unpaired) electrons. The van der Waals surface area contributed by atoms with Crippen molar-refractivity contribution in [3.05, 3.63) is 23.8 Å². The van der Waals surface area contributed by atoms with Gasteiger partial charge < -0.3 is 5.32 Å². The fraction of sp³-hybridized carbons (Fsp3) is 0.273. The third-order valence-corrected chi connectivity index (χ3v) is 3.38. The Kier molecular flexibility index (Phi) is 4.33. The zero-order valence-corrected chi connectivity index (χ0v) is 11.3. The molecule has 0 aromatic heterocycles. The van der Waals surface area contributed by atoms with E-state index in [0.717, 1.165) is 6.26 Å². The van der Waals surface area contributed by atoms with E-state index < -0.39 is 21.1 Å². The number of hydrogen-bond acceptors (Lipinski definition) is 4. The first-order valence-corrected chi connectivity index (χ1v) is 7.27. The predicted molar refractivity (Wildman–Crippen MR) is 68.2 cm³/mol. The average molecular weight is 287 g/mol. The lowest BCUT2D eigenvalue weighted by atomic mass is 10.2. The molecular weight excluding hydrogens is 276 g/mol. The molecule has 1 rings (SSSR count). The first-order valence-electron chi connectivity index (χ1n) is 4.94. The van der Waals surface area contributed by atoms with Gasteiger partial charge in [0.2, 0.25) is 5.91 Å². The molecule has 1 aromatic carbocycles. The van der Waals surface area contributed by atoms with Gasteiger partial charge in [0.15, 0.2) is 9.84 Å². The summed E-state index contributed by atoms with van der Waals surface area (Å²) in [4.78, 5) is 11.4. The molecule has 5 nitrogen and oxygen atoms in total. The second kappa shape index (κ2) is 5.38. The molecule has 0 spiro atoms. The SMILES string of the molecule is CC(Cl)C(=O)Nc1cc(C#N)cc(S(C)(=O)=O)c1. The third-order valence-electron chi connectivity index (χ3n) is 2.09. The monoisotopic (exact) mass is 286 g/mol. The molecule has 0 aliphatic carbocycles. The van der Waals surface area contributed by atoms with E-state index in [2.05, 4.69) is 5.32 Å². The van der Waals surface area contributed by atoms with Gasteiger partial charge >= 0.3 is 0 Å². The van der Waals surface area contributed by atoms with Crippen LogP contribution in [0.3, 0.4) is 0 Å². The number of halogens is 1. The van der Waals surface area contributed by atoms with Gasteiger partial charge in [0.05, 0.1) is 16.5 Å². The summed E-state index contributed by atoms with van der Waals surface area (Å²) in [6.45, 7) is 1.49. The summed E-state index contributed by atoms with van der Waals surface area (Å²) in [5, 5.41) is 10.5. The number of benzene rings is 1. The number of anilines is 1. The second-order valence-electron chi connectivity index (χ2n) is 3.74. The van der Waals surface area contributed by atoms with Gasteiger partial charge in [-0.2, -0.15) is 5.26 Å². The lowest BCUT2D eigenvalue weighted by molar-refractivity contribution is -0.115. The molecule has 1 atom stereocenters. The molecule has 0 heterocycles. The molecule has 7 heteroatoms. The molecule has 1 amide bonds. The minimum absolute atomic E-state index is 0.0286. The number of nitriles is 1. The van der Waals surface area contributed by atoms with Gasteiger partial charge in [0.1, 0.15) is 5.38 Å². The van der Waals surface area contributed by atoms with E-state index >= 15 is 0 Å². The molecule has 1 aromatic rings. The van der Waals surface area contributed by atoms with E-state index in [-0.39, 0.29) is 16.1 Å². The van der Waals surface area contributed by atoms with Crippen LogP contribution in [0.2, 0.25) is 0 Å². The number of sulfone groups is 1. The van der Waals surface area contributed by atoms with E-state index in [1.807, 2.05) is 6.07 Å². The van der Waals surface area contributed by atoms with Crippen LogP contribution in [-0.2, 0) is 14.6 Å². The van der Waals surface area contributed by atoms with Crippen LogP contribution in [0.15, 0.2) is 23.1 Å². The quantitative estimate of drug-likeness (QED) is 0.854. The Morgan fingerprint density at radius 1 is 1.44 bits per heavy atom. The van der Waals surface area contributed by atoms with Gasteiger partial charge in [-0.05, 0) is 25.1 Å². The van der Waals surface area contributed by atoms with Crippen molar-refractivity contribution in [1.82, 2.24) is 0 Å². The summed E-state index contributed by atoms with van der Waals surface area (Å²) in [5.41, 5.74) is 0.377. The molecule has 96 valence electrons. The van der Waals surface area contributed by atoms with Crippen LogP contribution in [0, 0.1) is 11.3 Å². The standard InChI is InChI=1S/C11H11ClN2O3S/c1-7(12)11(15)14-9-3-8(6-13)4-10(5-9)18(2,16)17/h3-5,7H,1-2H3,(H,14,15). The highest BCUT2D eigenvalue weighted by Gasteiger charge is 2.13. The van der Waals surface area contributed by atoms with Crippen LogP contribution in [0.1, 0.15) is 12.5 Å². The van der Waals surface area contributed by atoms with Crippen LogP contribution in [-0.4, -0.2) is 26.0 Å². The van der Waals surface area contributed by atoms with Crippen molar-refractivity contribution in [2.75, 3.05) is 11.6 Å². The molecule has 0 bridgehead atoms. The van der Waals surface area contributed by atoms with E-state index in [9.17, 15) is 13.2 Å². The lowest BCUT2D eigenvalue weighted by Gasteiger charge is -2.08. The van der Waals surface area contributed by atoms with Gasteiger partial charge in [-0.3, -0.25) is 4.79 Å². The fourth-order valence-corrected chi connectivity index (χ4v) is 1.93. The summed E-state index contributed by atoms with van der Waals surface area (Å²) in [7, 11) is -3.45. The Morgan fingerprint density at radius 2 is 2.06 bits per heavy atom. The number of rotatable bonds is 3. The number of amides is 1. The second-order valence-corrected chi connectivity index (χ2v) is 6.41. The Labute approximate surface area is 110 Å².